The summed E-state index contributed by atoms with van der Waals surface area (Å²) < 4.78 is 26.5. The Bertz CT molecular complexity index is 648. The van der Waals surface area contributed by atoms with E-state index in [1.54, 1.807) is 26.0 Å². The van der Waals surface area contributed by atoms with Crippen LogP contribution >= 0.6 is 0 Å². The van der Waals surface area contributed by atoms with Crippen molar-refractivity contribution in [1.82, 2.24) is 4.72 Å². The molecular formula is C16H22N2O3S. The second-order valence-electron chi connectivity index (χ2n) is 5.82. The molecule has 0 unspecified atom stereocenters. The number of amides is 1. The number of benzene rings is 1. The van der Waals surface area contributed by atoms with E-state index < -0.39 is 10.0 Å². The molecule has 2 N–H and O–H groups in total. The molecular weight excluding hydrogens is 300 g/mol. The quantitative estimate of drug-likeness (QED) is 0.791. The number of nitrogens with one attached hydrogen (secondary N) is 2. The van der Waals surface area contributed by atoms with Gasteiger partial charge in [-0.25, -0.2) is 13.1 Å². The summed E-state index contributed by atoms with van der Waals surface area (Å²) in [6.07, 6.45) is 6.69. The molecule has 0 saturated heterocycles. The average molecular weight is 322 g/mol. The predicted molar refractivity (Wildman–Crippen MR) is 87.0 cm³/mol. The number of hydrogen-bond acceptors (Lipinski definition) is 3. The van der Waals surface area contributed by atoms with Crippen LogP contribution in [-0.2, 0) is 14.8 Å². The van der Waals surface area contributed by atoms with E-state index in [1.807, 2.05) is 0 Å². The van der Waals surface area contributed by atoms with E-state index in [0.717, 1.165) is 12.8 Å². The molecule has 0 spiro atoms. The first-order chi connectivity index (χ1) is 10.4. The van der Waals surface area contributed by atoms with E-state index >= 15 is 0 Å². The fraction of sp³-hybridized carbons (Fsp3) is 0.438. The monoisotopic (exact) mass is 322 g/mol. The summed E-state index contributed by atoms with van der Waals surface area (Å²) in [6.45, 7) is 3.53. The molecule has 1 aliphatic rings. The molecule has 1 amide bonds. The lowest BCUT2D eigenvalue weighted by atomic mass is 10.1. The number of hydrogen-bond donors (Lipinski definition) is 2. The average Bonchev–Trinajstić information content (AvgIpc) is 2.90. The van der Waals surface area contributed by atoms with E-state index in [4.69, 9.17) is 0 Å². The van der Waals surface area contributed by atoms with E-state index in [-0.39, 0.29) is 16.8 Å². The second kappa shape index (κ2) is 7.07. The van der Waals surface area contributed by atoms with Crippen molar-refractivity contribution in [2.24, 2.45) is 5.92 Å². The fourth-order valence-corrected chi connectivity index (χ4v) is 3.66. The van der Waals surface area contributed by atoms with Gasteiger partial charge in [0.25, 0.3) is 0 Å². The predicted octanol–water partition coefficient (Wildman–Crippen LogP) is 2.67. The molecule has 0 aliphatic heterocycles. The summed E-state index contributed by atoms with van der Waals surface area (Å²) in [5, 5.41) is 2.80. The highest BCUT2D eigenvalue weighted by molar-refractivity contribution is 7.89. The van der Waals surface area contributed by atoms with Crippen molar-refractivity contribution in [3.05, 3.63) is 36.4 Å². The Balaban J connectivity index is 1.96. The largest absolute Gasteiger partial charge is 0.326 e. The van der Waals surface area contributed by atoms with Crippen LogP contribution in [0.3, 0.4) is 0 Å². The lowest BCUT2D eigenvalue weighted by molar-refractivity contribution is -0.116. The number of sulfonamides is 1. The summed E-state index contributed by atoms with van der Waals surface area (Å²) in [5.41, 5.74) is 0.607. The van der Waals surface area contributed by atoms with Gasteiger partial charge in [-0.2, -0.15) is 0 Å². The molecule has 0 saturated carbocycles. The first-order valence-electron chi connectivity index (χ1n) is 7.46. The summed E-state index contributed by atoms with van der Waals surface area (Å²) >= 11 is 0. The van der Waals surface area contributed by atoms with Gasteiger partial charge in [-0.05, 0) is 56.9 Å². The zero-order valence-corrected chi connectivity index (χ0v) is 13.7. The topological polar surface area (TPSA) is 75.3 Å². The van der Waals surface area contributed by atoms with E-state index in [2.05, 4.69) is 22.2 Å². The molecule has 22 heavy (non-hydrogen) atoms. The van der Waals surface area contributed by atoms with Gasteiger partial charge in [-0.3, -0.25) is 4.79 Å². The zero-order valence-electron chi connectivity index (χ0n) is 12.9. The van der Waals surface area contributed by atoms with E-state index in [1.165, 1.54) is 12.1 Å². The molecule has 2 rings (SSSR count). The normalized spacial score (nSPS) is 17.9. The first kappa shape index (κ1) is 16.7. The number of carbonyl (C=O) groups excluding carboxylic acids is 1. The van der Waals surface area contributed by atoms with Gasteiger partial charge in [-0.15, -0.1) is 0 Å². The maximum Gasteiger partial charge on any atom is 0.240 e. The van der Waals surface area contributed by atoms with Crippen LogP contribution in [0.1, 0.15) is 33.1 Å². The minimum atomic E-state index is -3.50. The summed E-state index contributed by atoms with van der Waals surface area (Å²) in [6, 6.07) is 6.05. The summed E-state index contributed by atoms with van der Waals surface area (Å²) in [4.78, 5) is 12.1. The lowest BCUT2D eigenvalue weighted by Gasteiger charge is -2.11. The lowest BCUT2D eigenvalue weighted by Crippen LogP contribution is -2.30. The van der Waals surface area contributed by atoms with E-state index in [0.29, 0.717) is 18.0 Å². The third-order valence-corrected chi connectivity index (χ3v) is 5.07. The molecule has 0 radical (unpaired) electrons. The first-order valence-corrected chi connectivity index (χ1v) is 8.94. The van der Waals surface area contributed by atoms with Gasteiger partial charge in [0.05, 0.1) is 4.90 Å². The van der Waals surface area contributed by atoms with Crippen molar-refractivity contribution in [2.45, 2.75) is 44.0 Å². The van der Waals surface area contributed by atoms with Crippen LogP contribution < -0.4 is 10.0 Å². The van der Waals surface area contributed by atoms with Gasteiger partial charge >= 0.3 is 0 Å². The van der Waals surface area contributed by atoms with Crippen LogP contribution in [0.15, 0.2) is 41.3 Å². The van der Waals surface area contributed by atoms with Crippen molar-refractivity contribution in [1.29, 1.82) is 0 Å². The standard InChI is InChI=1S/C16H22N2O3S/c1-12(2)18-22(20,21)15-9-7-14(8-10-15)17-16(19)11-13-5-3-4-6-13/h3,5,7-10,12-13,18H,4,6,11H2,1-2H3,(H,17,19)/t13-/m1/s1. The minimum Gasteiger partial charge on any atom is -0.326 e. The molecule has 0 aromatic heterocycles. The number of allylic oxidation sites excluding steroid dienone is 2. The van der Waals surface area contributed by atoms with Gasteiger partial charge in [0.2, 0.25) is 15.9 Å². The highest BCUT2D eigenvalue weighted by Crippen LogP contribution is 2.21. The maximum atomic E-state index is 12.0. The number of rotatable bonds is 6. The SMILES string of the molecule is CC(C)NS(=O)(=O)c1ccc(NC(=O)C[C@@H]2C=CCC2)cc1. The van der Waals surface area contributed by atoms with Crippen LogP contribution in [0.2, 0.25) is 0 Å². The molecule has 0 heterocycles. The van der Waals surface area contributed by atoms with Crippen LogP contribution in [0.5, 0.6) is 0 Å². The van der Waals surface area contributed by atoms with Crippen molar-refractivity contribution in [3.63, 3.8) is 0 Å². The Kier molecular flexibility index (Phi) is 5.37. The van der Waals surface area contributed by atoms with Gasteiger partial charge in [0.1, 0.15) is 0 Å². The van der Waals surface area contributed by atoms with Crippen LogP contribution in [0.25, 0.3) is 0 Å². The molecule has 1 atom stereocenters. The Morgan fingerprint density at radius 2 is 1.95 bits per heavy atom. The smallest absolute Gasteiger partial charge is 0.240 e. The molecule has 5 nitrogen and oxygen atoms in total. The number of carbonyl (C=O) groups is 1. The van der Waals surface area contributed by atoms with Crippen molar-refractivity contribution in [3.8, 4) is 0 Å². The minimum absolute atomic E-state index is 0.0486. The Hall–Kier alpha value is -1.66. The fourth-order valence-electron chi connectivity index (χ4n) is 2.41. The van der Waals surface area contributed by atoms with Crippen molar-refractivity contribution >= 4 is 21.6 Å². The number of anilines is 1. The third-order valence-electron chi connectivity index (χ3n) is 3.40. The van der Waals surface area contributed by atoms with E-state index in [9.17, 15) is 13.2 Å². The van der Waals surface area contributed by atoms with Crippen molar-refractivity contribution in [2.75, 3.05) is 5.32 Å². The van der Waals surface area contributed by atoms with Gasteiger partial charge in [0.15, 0.2) is 0 Å². The molecule has 1 aliphatic carbocycles. The molecule has 6 heteroatoms. The van der Waals surface area contributed by atoms with Crippen molar-refractivity contribution < 1.29 is 13.2 Å². The third kappa shape index (κ3) is 4.68. The molecule has 0 fully saturated rings. The Morgan fingerprint density at radius 1 is 1.27 bits per heavy atom. The molecule has 1 aromatic carbocycles. The summed E-state index contributed by atoms with van der Waals surface area (Å²) in [7, 11) is -3.50. The Labute approximate surface area is 131 Å². The summed E-state index contributed by atoms with van der Waals surface area (Å²) in [5.74, 6) is 0.266. The molecule has 1 aromatic rings. The van der Waals surface area contributed by atoms with Gasteiger partial charge in [-0.1, -0.05) is 12.2 Å². The van der Waals surface area contributed by atoms with Gasteiger partial charge in [0, 0.05) is 18.2 Å². The second-order valence-corrected chi connectivity index (χ2v) is 7.53. The van der Waals surface area contributed by atoms with Crippen LogP contribution in [-0.4, -0.2) is 20.4 Å². The molecule has 0 bridgehead atoms. The molecule has 120 valence electrons. The Morgan fingerprint density at radius 3 is 2.50 bits per heavy atom. The highest BCUT2D eigenvalue weighted by Gasteiger charge is 2.16. The zero-order chi connectivity index (χ0) is 16.2. The highest BCUT2D eigenvalue weighted by atomic mass is 32.2. The van der Waals surface area contributed by atoms with Crippen LogP contribution in [0.4, 0.5) is 5.69 Å². The van der Waals surface area contributed by atoms with Crippen LogP contribution in [0, 0.1) is 5.92 Å². The maximum absolute atomic E-state index is 12.0. The van der Waals surface area contributed by atoms with Gasteiger partial charge < -0.3 is 5.32 Å².